The van der Waals surface area contributed by atoms with E-state index >= 15 is 0 Å². The Morgan fingerprint density at radius 1 is 1.69 bits per heavy atom. The van der Waals surface area contributed by atoms with Crippen LogP contribution in [0.15, 0.2) is 12.2 Å². The van der Waals surface area contributed by atoms with Gasteiger partial charge in [-0.1, -0.05) is 12.2 Å². The van der Waals surface area contributed by atoms with Gasteiger partial charge in [0.05, 0.1) is 0 Å². The van der Waals surface area contributed by atoms with Crippen LogP contribution in [0.5, 0.6) is 0 Å². The van der Waals surface area contributed by atoms with Crippen LogP contribution in [-0.4, -0.2) is 45.1 Å². The number of carboxylic acid groups (broad SMARTS) is 1. The topological polar surface area (TPSA) is 83.6 Å². The van der Waals surface area contributed by atoms with E-state index in [-0.39, 0.29) is 17.2 Å². The molecule has 2 fully saturated rings. The molecule has 2 aliphatic rings. The lowest BCUT2D eigenvalue weighted by Crippen LogP contribution is -2.74. The van der Waals surface area contributed by atoms with Gasteiger partial charge in [-0.2, -0.15) is 0 Å². The molecule has 3 unspecified atom stereocenters. The number of hydrogen-bond acceptors (Lipinski definition) is 4. The fourth-order valence-corrected chi connectivity index (χ4v) is 3.64. The number of fused-ring (bicyclic) bond motifs is 1. The molecular formula is C10H14N2O3S. The van der Waals surface area contributed by atoms with E-state index < -0.39 is 18.1 Å². The Bertz CT molecular complexity index is 358. The lowest BCUT2D eigenvalue weighted by Gasteiger charge is -2.52. The van der Waals surface area contributed by atoms with E-state index in [1.54, 1.807) is 11.8 Å². The maximum atomic E-state index is 11.6. The quantitative estimate of drug-likeness (QED) is 0.521. The van der Waals surface area contributed by atoms with Gasteiger partial charge < -0.3 is 15.7 Å². The number of β-lactam (4-membered cyclic amide) rings is 1. The van der Waals surface area contributed by atoms with Crippen molar-refractivity contribution in [2.24, 2.45) is 11.7 Å². The molecular weight excluding hydrogens is 228 g/mol. The van der Waals surface area contributed by atoms with Crippen LogP contribution in [0.25, 0.3) is 0 Å². The van der Waals surface area contributed by atoms with Gasteiger partial charge in [0, 0.05) is 11.7 Å². The first kappa shape index (κ1) is 11.5. The van der Waals surface area contributed by atoms with Crippen LogP contribution in [0.3, 0.4) is 0 Å². The fourth-order valence-electron chi connectivity index (χ4n) is 2.21. The van der Waals surface area contributed by atoms with E-state index in [0.717, 1.165) is 0 Å². The Hall–Kier alpha value is -1.01. The number of hydrogen-bond donors (Lipinski definition) is 2. The highest BCUT2D eigenvalue weighted by Gasteiger charge is 2.55. The molecule has 3 N–H and O–H groups in total. The lowest BCUT2D eigenvalue weighted by atomic mass is 9.93. The average molecular weight is 242 g/mol. The summed E-state index contributed by atoms with van der Waals surface area (Å²) in [5, 5.41) is 9.03. The van der Waals surface area contributed by atoms with Gasteiger partial charge in [-0.25, -0.2) is 4.79 Å². The van der Waals surface area contributed by atoms with Gasteiger partial charge in [0.1, 0.15) is 17.5 Å². The van der Waals surface area contributed by atoms with Crippen molar-refractivity contribution in [2.45, 2.75) is 24.4 Å². The molecule has 2 aliphatic heterocycles. The third-order valence-corrected chi connectivity index (χ3v) is 4.42. The molecule has 0 radical (unpaired) electrons. The Kier molecular flexibility index (Phi) is 2.94. The van der Waals surface area contributed by atoms with Crippen molar-refractivity contribution in [3.8, 4) is 0 Å². The molecule has 88 valence electrons. The molecule has 5 nitrogen and oxygen atoms in total. The number of nitrogens with two attached hydrogens (primary N) is 1. The first-order chi connectivity index (χ1) is 7.57. The van der Waals surface area contributed by atoms with E-state index in [9.17, 15) is 14.7 Å². The second kappa shape index (κ2) is 4.10. The summed E-state index contributed by atoms with van der Waals surface area (Å²) < 4.78 is 0. The van der Waals surface area contributed by atoms with Crippen LogP contribution < -0.4 is 5.73 Å². The minimum Gasteiger partial charge on any atom is -0.480 e. The number of aliphatic carboxylic acids is 1. The van der Waals surface area contributed by atoms with Crippen molar-refractivity contribution in [3.05, 3.63) is 12.2 Å². The van der Waals surface area contributed by atoms with E-state index in [2.05, 4.69) is 0 Å². The van der Waals surface area contributed by atoms with Crippen LogP contribution in [0.1, 0.15) is 6.92 Å². The zero-order chi connectivity index (χ0) is 11.9. The second-order valence-electron chi connectivity index (χ2n) is 3.97. The Morgan fingerprint density at radius 3 is 2.94 bits per heavy atom. The number of amides is 1. The van der Waals surface area contributed by atoms with E-state index in [0.29, 0.717) is 5.75 Å². The Balaban J connectivity index is 2.23. The van der Waals surface area contributed by atoms with Crippen molar-refractivity contribution in [1.82, 2.24) is 4.90 Å². The molecule has 6 heteroatoms. The first-order valence-electron chi connectivity index (χ1n) is 5.13. The molecule has 0 aromatic rings. The molecule has 16 heavy (non-hydrogen) atoms. The Morgan fingerprint density at radius 2 is 2.38 bits per heavy atom. The number of nitrogens with zero attached hydrogens (tertiary/aromatic N) is 1. The molecule has 0 aromatic carbocycles. The highest BCUT2D eigenvalue weighted by molar-refractivity contribution is 8.00. The number of thioether (sulfide) groups is 1. The van der Waals surface area contributed by atoms with Crippen LogP contribution in [0.4, 0.5) is 0 Å². The molecule has 2 rings (SSSR count). The van der Waals surface area contributed by atoms with Gasteiger partial charge in [-0.15, -0.1) is 11.8 Å². The lowest BCUT2D eigenvalue weighted by molar-refractivity contribution is -0.162. The van der Waals surface area contributed by atoms with E-state index in [4.69, 9.17) is 5.73 Å². The average Bonchev–Trinajstić information content (AvgIpc) is 2.27. The largest absolute Gasteiger partial charge is 0.480 e. The van der Waals surface area contributed by atoms with E-state index in [1.165, 1.54) is 4.90 Å². The fraction of sp³-hybridized carbons (Fsp3) is 0.600. The third-order valence-electron chi connectivity index (χ3n) is 2.98. The molecule has 4 atom stereocenters. The predicted molar refractivity (Wildman–Crippen MR) is 60.8 cm³/mol. The summed E-state index contributed by atoms with van der Waals surface area (Å²) in [6.07, 6.45) is 3.67. The molecule has 0 saturated carbocycles. The van der Waals surface area contributed by atoms with Crippen molar-refractivity contribution < 1.29 is 14.7 Å². The monoisotopic (exact) mass is 242 g/mol. The predicted octanol–water partition coefficient (Wildman–Crippen LogP) is -0.126. The number of carbonyl (C=O) groups is 2. The van der Waals surface area contributed by atoms with Crippen molar-refractivity contribution in [2.75, 3.05) is 5.75 Å². The zero-order valence-corrected chi connectivity index (χ0v) is 9.68. The standard InChI is InChI=1S/C10H14N2O3S/c1-2-3-5-4-16-9-6(11)8(13)12(9)7(5)10(14)15/h2-3,5-7,9H,4,11H2,1H3,(H,14,15)/t5?,6?,7?,9-/m1/s1. The van der Waals surface area contributed by atoms with Crippen LogP contribution >= 0.6 is 11.8 Å². The van der Waals surface area contributed by atoms with Crippen molar-refractivity contribution >= 4 is 23.6 Å². The van der Waals surface area contributed by atoms with Gasteiger partial charge in [-0.3, -0.25) is 4.79 Å². The number of carbonyl (C=O) groups excluding carboxylic acids is 1. The summed E-state index contributed by atoms with van der Waals surface area (Å²) in [4.78, 5) is 24.2. The molecule has 2 saturated heterocycles. The maximum Gasteiger partial charge on any atom is 0.327 e. The van der Waals surface area contributed by atoms with Gasteiger partial charge >= 0.3 is 5.97 Å². The molecule has 0 aromatic heterocycles. The minimum absolute atomic E-state index is 0.125. The highest BCUT2D eigenvalue weighted by Crippen LogP contribution is 2.40. The maximum absolute atomic E-state index is 11.6. The molecule has 2 heterocycles. The normalized spacial score (nSPS) is 38.4. The van der Waals surface area contributed by atoms with Crippen LogP contribution in [0.2, 0.25) is 0 Å². The van der Waals surface area contributed by atoms with Gasteiger partial charge in [0.15, 0.2) is 0 Å². The highest BCUT2D eigenvalue weighted by atomic mass is 32.2. The van der Waals surface area contributed by atoms with Gasteiger partial charge in [0.2, 0.25) is 5.91 Å². The second-order valence-corrected chi connectivity index (χ2v) is 5.12. The number of allylic oxidation sites excluding steroid dienone is 1. The van der Waals surface area contributed by atoms with Crippen LogP contribution in [-0.2, 0) is 9.59 Å². The summed E-state index contributed by atoms with van der Waals surface area (Å²) in [5.74, 6) is -0.628. The molecule has 1 amide bonds. The summed E-state index contributed by atoms with van der Waals surface area (Å²) >= 11 is 1.56. The third kappa shape index (κ3) is 1.53. The van der Waals surface area contributed by atoms with E-state index in [1.807, 2.05) is 19.1 Å². The molecule has 0 spiro atoms. The molecule has 0 bridgehead atoms. The molecule has 0 aliphatic carbocycles. The zero-order valence-electron chi connectivity index (χ0n) is 8.87. The summed E-state index contributed by atoms with van der Waals surface area (Å²) in [6.45, 7) is 1.85. The number of rotatable bonds is 2. The van der Waals surface area contributed by atoms with Crippen molar-refractivity contribution in [3.63, 3.8) is 0 Å². The Labute approximate surface area is 97.7 Å². The first-order valence-corrected chi connectivity index (χ1v) is 6.17. The SMILES string of the molecule is CC=CC1CS[C@@H]2C(N)C(=O)N2C1C(=O)O. The summed E-state index contributed by atoms with van der Waals surface area (Å²) in [5.41, 5.74) is 5.64. The summed E-state index contributed by atoms with van der Waals surface area (Å²) in [6, 6.07) is -1.28. The van der Waals surface area contributed by atoms with Gasteiger partial charge in [0.25, 0.3) is 0 Å². The van der Waals surface area contributed by atoms with Crippen LogP contribution in [0, 0.1) is 5.92 Å². The van der Waals surface area contributed by atoms with Gasteiger partial charge in [-0.05, 0) is 6.92 Å². The smallest absolute Gasteiger partial charge is 0.327 e. The van der Waals surface area contributed by atoms with Crippen molar-refractivity contribution in [1.29, 1.82) is 0 Å². The number of carboxylic acids is 1. The minimum atomic E-state index is -0.950. The summed E-state index contributed by atoms with van der Waals surface area (Å²) in [7, 11) is 0.